The highest BCUT2D eigenvalue weighted by Gasteiger charge is 2.16. The van der Waals surface area contributed by atoms with Gasteiger partial charge in [0.05, 0.1) is 27.9 Å². The molecule has 0 saturated heterocycles. The third-order valence-electron chi connectivity index (χ3n) is 3.44. The molecule has 3 aromatic rings. The first-order valence-corrected chi connectivity index (χ1v) is 8.43. The first kappa shape index (κ1) is 14.9. The van der Waals surface area contributed by atoms with Gasteiger partial charge in [0.25, 0.3) is 10.0 Å². The highest BCUT2D eigenvalue weighted by Crippen LogP contribution is 2.24. The van der Waals surface area contributed by atoms with Crippen LogP contribution >= 0.6 is 11.6 Å². The lowest BCUT2D eigenvalue weighted by Crippen LogP contribution is -2.13. The van der Waals surface area contributed by atoms with E-state index in [0.717, 1.165) is 11.1 Å². The van der Waals surface area contributed by atoms with Crippen molar-refractivity contribution in [3.05, 3.63) is 53.3 Å². The molecule has 0 unspecified atom stereocenters. The highest BCUT2D eigenvalue weighted by atomic mass is 35.5. The summed E-state index contributed by atoms with van der Waals surface area (Å²) in [6.07, 6.45) is 1.65. The van der Waals surface area contributed by atoms with Crippen molar-refractivity contribution in [3.63, 3.8) is 0 Å². The SMILES string of the molecule is Cc1cc(Cl)ccc1NS(=O)(=O)c1ccc2c(c1)ncn2C. The van der Waals surface area contributed by atoms with Gasteiger partial charge in [0.15, 0.2) is 0 Å². The summed E-state index contributed by atoms with van der Waals surface area (Å²) in [6.45, 7) is 1.80. The van der Waals surface area contributed by atoms with Gasteiger partial charge in [-0.25, -0.2) is 13.4 Å². The highest BCUT2D eigenvalue weighted by molar-refractivity contribution is 7.92. The van der Waals surface area contributed by atoms with Crippen molar-refractivity contribution in [2.45, 2.75) is 11.8 Å². The van der Waals surface area contributed by atoms with Gasteiger partial charge in [0, 0.05) is 12.1 Å². The quantitative estimate of drug-likeness (QED) is 0.798. The van der Waals surface area contributed by atoms with Crippen LogP contribution in [0.3, 0.4) is 0 Å². The fourth-order valence-electron chi connectivity index (χ4n) is 2.23. The van der Waals surface area contributed by atoms with Gasteiger partial charge in [-0.3, -0.25) is 4.72 Å². The number of aromatic nitrogens is 2. The molecule has 0 fully saturated rings. The molecule has 3 rings (SSSR count). The maximum Gasteiger partial charge on any atom is 0.261 e. The molecule has 0 bridgehead atoms. The van der Waals surface area contributed by atoms with E-state index in [-0.39, 0.29) is 4.90 Å². The molecule has 0 amide bonds. The Morgan fingerprint density at radius 2 is 1.95 bits per heavy atom. The van der Waals surface area contributed by atoms with E-state index >= 15 is 0 Å². The number of anilines is 1. The Balaban J connectivity index is 2.00. The van der Waals surface area contributed by atoms with E-state index in [1.807, 2.05) is 11.6 Å². The average Bonchev–Trinajstić information content (AvgIpc) is 2.83. The molecule has 5 nitrogen and oxygen atoms in total. The van der Waals surface area contributed by atoms with Crippen molar-refractivity contribution in [1.29, 1.82) is 0 Å². The summed E-state index contributed by atoms with van der Waals surface area (Å²) in [5, 5.41) is 0.565. The summed E-state index contributed by atoms with van der Waals surface area (Å²) in [4.78, 5) is 4.36. The third-order valence-corrected chi connectivity index (χ3v) is 5.04. The van der Waals surface area contributed by atoms with Crippen LogP contribution in [0.1, 0.15) is 5.56 Å². The summed E-state index contributed by atoms with van der Waals surface area (Å²) < 4.78 is 29.4. The molecule has 1 heterocycles. The molecule has 0 atom stereocenters. The summed E-state index contributed by atoms with van der Waals surface area (Å²) in [5.74, 6) is 0. The zero-order valence-corrected chi connectivity index (χ0v) is 13.6. The normalized spacial score (nSPS) is 11.8. The van der Waals surface area contributed by atoms with E-state index in [1.165, 1.54) is 0 Å². The first-order chi connectivity index (χ1) is 10.4. The molecule has 0 aliphatic heterocycles. The van der Waals surface area contributed by atoms with Gasteiger partial charge in [0.1, 0.15) is 0 Å². The van der Waals surface area contributed by atoms with Crippen LogP contribution in [0.15, 0.2) is 47.6 Å². The van der Waals surface area contributed by atoms with E-state index in [4.69, 9.17) is 11.6 Å². The van der Waals surface area contributed by atoms with Crippen molar-refractivity contribution >= 4 is 38.3 Å². The van der Waals surface area contributed by atoms with Gasteiger partial charge in [-0.2, -0.15) is 0 Å². The maximum atomic E-state index is 12.5. The van der Waals surface area contributed by atoms with Gasteiger partial charge in [-0.1, -0.05) is 11.6 Å². The van der Waals surface area contributed by atoms with Crippen LogP contribution in [-0.2, 0) is 17.1 Å². The van der Waals surface area contributed by atoms with Crippen LogP contribution in [0, 0.1) is 6.92 Å². The minimum absolute atomic E-state index is 0.174. The largest absolute Gasteiger partial charge is 0.334 e. The standard InChI is InChI=1S/C15H14ClN3O2S/c1-10-7-11(16)3-5-13(10)18-22(20,21)12-4-6-15-14(8-12)17-9-19(15)2/h3-9,18H,1-2H3. The Labute approximate surface area is 133 Å². The molecule has 0 radical (unpaired) electrons. The van der Waals surface area contributed by atoms with Crippen LogP contribution in [0.4, 0.5) is 5.69 Å². The average molecular weight is 336 g/mol. The summed E-state index contributed by atoms with van der Waals surface area (Å²) in [5.41, 5.74) is 2.78. The maximum absolute atomic E-state index is 12.5. The van der Waals surface area contributed by atoms with Gasteiger partial charge in [-0.05, 0) is 48.9 Å². The number of nitrogens with zero attached hydrogens (tertiary/aromatic N) is 2. The summed E-state index contributed by atoms with van der Waals surface area (Å²) in [7, 11) is -1.81. The van der Waals surface area contributed by atoms with Crippen molar-refractivity contribution in [1.82, 2.24) is 9.55 Å². The lowest BCUT2D eigenvalue weighted by molar-refractivity contribution is 0.601. The van der Waals surface area contributed by atoms with Crippen LogP contribution in [0.2, 0.25) is 5.02 Å². The van der Waals surface area contributed by atoms with E-state index in [1.54, 1.807) is 49.6 Å². The molecule has 0 spiro atoms. The molecular formula is C15H14ClN3O2S. The van der Waals surface area contributed by atoms with E-state index in [2.05, 4.69) is 9.71 Å². The number of halogens is 1. The number of imidazole rings is 1. The molecule has 1 aromatic heterocycles. The minimum atomic E-state index is -3.67. The minimum Gasteiger partial charge on any atom is -0.334 e. The van der Waals surface area contributed by atoms with Crippen molar-refractivity contribution in [3.8, 4) is 0 Å². The predicted octanol–water partition coefficient (Wildman–Crippen LogP) is 3.34. The zero-order valence-electron chi connectivity index (χ0n) is 12.0. The Bertz CT molecular complexity index is 964. The number of hydrogen-bond donors (Lipinski definition) is 1. The smallest absolute Gasteiger partial charge is 0.261 e. The second-order valence-electron chi connectivity index (χ2n) is 5.07. The number of rotatable bonds is 3. The van der Waals surface area contributed by atoms with Crippen LogP contribution in [0.25, 0.3) is 11.0 Å². The number of hydrogen-bond acceptors (Lipinski definition) is 3. The Hall–Kier alpha value is -2.05. The number of benzene rings is 2. The monoisotopic (exact) mass is 335 g/mol. The predicted molar refractivity (Wildman–Crippen MR) is 87.7 cm³/mol. The molecule has 0 saturated carbocycles. The number of fused-ring (bicyclic) bond motifs is 1. The number of nitrogens with one attached hydrogen (secondary N) is 1. The van der Waals surface area contributed by atoms with Gasteiger partial charge < -0.3 is 4.57 Å². The summed E-state index contributed by atoms with van der Waals surface area (Å²) >= 11 is 5.89. The van der Waals surface area contributed by atoms with Crippen molar-refractivity contribution < 1.29 is 8.42 Å². The van der Waals surface area contributed by atoms with E-state index in [9.17, 15) is 8.42 Å². The van der Waals surface area contributed by atoms with E-state index in [0.29, 0.717) is 16.2 Å². The molecule has 7 heteroatoms. The second-order valence-corrected chi connectivity index (χ2v) is 7.19. The van der Waals surface area contributed by atoms with Crippen molar-refractivity contribution in [2.75, 3.05) is 4.72 Å². The Morgan fingerprint density at radius 1 is 1.18 bits per heavy atom. The summed E-state index contributed by atoms with van der Waals surface area (Å²) in [6, 6.07) is 9.87. The fourth-order valence-corrected chi connectivity index (χ4v) is 3.61. The zero-order chi connectivity index (χ0) is 15.9. The fraction of sp³-hybridized carbons (Fsp3) is 0.133. The van der Waals surface area contributed by atoms with Crippen molar-refractivity contribution in [2.24, 2.45) is 7.05 Å². The number of sulfonamides is 1. The molecule has 0 aliphatic carbocycles. The second kappa shape index (κ2) is 5.30. The van der Waals surface area contributed by atoms with Crippen LogP contribution in [-0.4, -0.2) is 18.0 Å². The molecular weight excluding hydrogens is 322 g/mol. The first-order valence-electron chi connectivity index (χ1n) is 6.57. The van der Waals surface area contributed by atoms with Gasteiger partial charge >= 0.3 is 0 Å². The number of aryl methyl sites for hydroxylation is 2. The molecule has 114 valence electrons. The molecule has 22 heavy (non-hydrogen) atoms. The topological polar surface area (TPSA) is 64.0 Å². The molecule has 1 N–H and O–H groups in total. The van der Waals surface area contributed by atoms with Gasteiger partial charge in [-0.15, -0.1) is 0 Å². The third kappa shape index (κ3) is 2.67. The van der Waals surface area contributed by atoms with Crippen LogP contribution in [0.5, 0.6) is 0 Å². The van der Waals surface area contributed by atoms with Crippen LogP contribution < -0.4 is 4.72 Å². The van der Waals surface area contributed by atoms with Gasteiger partial charge in [0.2, 0.25) is 0 Å². The van der Waals surface area contributed by atoms with E-state index < -0.39 is 10.0 Å². The Morgan fingerprint density at radius 3 is 2.68 bits per heavy atom. The lowest BCUT2D eigenvalue weighted by Gasteiger charge is -2.11. The molecule has 2 aromatic carbocycles. The molecule has 0 aliphatic rings. The lowest BCUT2D eigenvalue weighted by atomic mass is 10.2. The Kier molecular flexibility index (Phi) is 3.58.